The number of aliphatic hydroxyl groups is 4. The maximum absolute atomic E-state index is 12.8. The molecule has 0 spiro atoms. The van der Waals surface area contributed by atoms with Crippen molar-refractivity contribution in [3.05, 3.63) is 36.5 Å². The van der Waals surface area contributed by atoms with E-state index in [1.165, 1.54) is 135 Å². The molecule has 9 nitrogen and oxygen atoms in total. The molecule has 0 saturated carbocycles. The number of hydrogen-bond acceptors (Lipinski definition) is 9. The molecule has 1 rings (SSSR count). The summed E-state index contributed by atoms with van der Waals surface area (Å²) in [6.45, 7) is 4.45. The van der Waals surface area contributed by atoms with Gasteiger partial charge in [-0.15, -0.1) is 0 Å². The predicted molar refractivity (Wildman–Crippen MR) is 247 cm³/mol. The zero-order valence-electron chi connectivity index (χ0n) is 38.7. The lowest BCUT2D eigenvalue weighted by Gasteiger charge is -2.39. The van der Waals surface area contributed by atoms with Crippen LogP contribution >= 0.6 is 0 Å². The highest BCUT2D eigenvalue weighted by Crippen LogP contribution is 2.23. The van der Waals surface area contributed by atoms with E-state index in [9.17, 15) is 25.2 Å². The molecule has 4 N–H and O–H groups in total. The van der Waals surface area contributed by atoms with Gasteiger partial charge in [0, 0.05) is 13.0 Å². The van der Waals surface area contributed by atoms with E-state index in [1.54, 1.807) is 0 Å². The minimum atomic E-state index is -1.54. The average Bonchev–Trinajstić information content (AvgIpc) is 3.25. The lowest BCUT2D eigenvalue weighted by Crippen LogP contribution is -2.59. The number of hydrogen-bond donors (Lipinski definition) is 4. The van der Waals surface area contributed by atoms with Gasteiger partial charge in [-0.1, -0.05) is 204 Å². The molecule has 0 aromatic carbocycles. The van der Waals surface area contributed by atoms with E-state index < -0.39 is 43.4 Å². The van der Waals surface area contributed by atoms with Crippen molar-refractivity contribution in [1.29, 1.82) is 0 Å². The fraction of sp³-hybridized carbons (Fsp3) is 0.863. The van der Waals surface area contributed by atoms with Crippen molar-refractivity contribution in [3.8, 4) is 0 Å². The molecule has 9 heteroatoms. The summed E-state index contributed by atoms with van der Waals surface area (Å²) in [6.07, 6.45) is 44.6. The standard InChI is InChI=1S/C51H94O9/c1-3-5-7-9-11-13-15-17-19-21-22-23-24-25-26-28-30-32-34-36-38-40-47(53)59-45(44-58-51-50(56)49(55)48(54)46(42-52)60-51)43-57-41-39-37-35-33-31-29-27-20-18-16-14-12-10-8-6-4-2/h6,8,12,14,18,20,45-46,48-52,54-56H,3-5,7,9-11,13,15-17,19,21-44H2,1-2H3/b8-6-,14-12-,20-18-. The zero-order chi connectivity index (χ0) is 43.6. The van der Waals surface area contributed by atoms with Gasteiger partial charge in [-0.3, -0.25) is 4.79 Å². The van der Waals surface area contributed by atoms with Gasteiger partial charge in [-0.25, -0.2) is 0 Å². The quantitative estimate of drug-likeness (QED) is 0.0269. The van der Waals surface area contributed by atoms with Crippen LogP contribution in [0.5, 0.6) is 0 Å². The van der Waals surface area contributed by atoms with Gasteiger partial charge in [0.25, 0.3) is 0 Å². The topological polar surface area (TPSA) is 135 Å². The smallest absolute Gasteiger partial charge is 0.306 e. The molecule has 0 bridgehead atoms. The summed E-state index contributed by atoms with van der Waals surface area (Å²) in [4.78, 5) is 12.8. The van der Waals surface area contributed by atoms with Crippen LogP contribution in [0.3, 0.4) is 0 Å². The SMILES string of the molecule is CC/C=C\C/C=C\C/C=C\CCCCCCCCOCC(COC1OC(CO)C(O)C(O)C1O)OC(=O)CCCCCCCCCCCCCCCCCCCCCCC. The monoisotopic (exact) mass is 851 g/mol. The van der Waals surface area contributed by atoms with Gasteiger partial charge in [0.2, 0.25) is 0 Å². The van der Waals surface area contributed by atoms with Crippen LogP contribution < -0.4 is 0 Å². The highest BCUT2D eigenvalue weighted by molar-refractivity contribution is 5.69. The van der Waals surface area contributed by atoms with Gasteiger partial charge in [-0.05, 0) is 44.9 Å². The number of carbonyl (C=O) groups is 1. The molecule has 0 amide bonds. The van der Waals surface area contributed by atoms with Crippen molar-refractivity contribution in [2.45, 2.75) is 256 Å². The Balaban J connectivity index is 2.20. The Labute approximate surface area is 368 Å². The summed E-state index contributed by atoms with van der Waals surface area (Å²) < 4.78 is 22.9. The average molecular weight is 851 g/mol. The fourth-order valence-corrected chi connectivity index (χ4v) is 7.68. The normalized spacial score (nSPS) is 20.3. The van der Waals surface area contributed by atoms with Crippen LogP contribution in [0, 0.1) is 0 Å². The lowest BCUT2D eigenvalue weighted by molar-refractivity contribution is -0.305. The van der Waals surface area contributed by atoms with E-state index in [0.29, 0.717) is 13.0 Å². The molecular formula is C51H94O9. The Morgan fingerprint density at radius 1 is 0.550 bits per heavy atom. The van der Waals surface area contributed by atoms with Gasteiger partial charge < -0.3 is 39.4 Å². The van der Waals surface area contributed by atoms with Crippen molar-refractivity contribution >= 4 is 5.97 Å². The fourth-order valence-electron chi connectivity index (χ4n) is 7.68. The predicted octanol–water partition coefficient (Wildman–Crippen LogP) is 11.9. The van der Waals surface area contributed by atoms with Crippen LogP contribution in [0.15, 0.2) is 36.5 Å². The summed E-state index contributed by atoms with van der Waals surface area (Å²) in [5.41, 5.74) is 0. The maximum Gasteiger partial charge on any atom is 0.306 e. The summed E-state index contributed by atoms with van der Waals surface area (Å²) in [5, 5.41) is 40.2. The highest BCUT2D eigenvalue weighted by atomic mass is 16.7. The molecule has 352 valence electrons. The largest absolute Gasteiger partial charge is 0.457 e. The van der Waals surface area contributed by atoms with Crippen LogP contribution in [0.1, 0.15) is 219 Å². The second kappa shape index (κ2) is 42.7. The van der Waals surface area contributed by atoms with Crippen molar-refractivity contribution in [3.63, 3.8) is 0 Å². The third-order valence-corrected chi connectivity index (χ3v) is 11.6. The molecule has 6 atom stereocenters. The first-order valence-corrected chi connectivity index (χ1v) is 25.1. The van der Waals surface area contributed by atoms with Gasteiger partial charge >= 0.3 is 5.97 Å². The van der Waals surface area contributed by atoms with E-state index in [4.69, 9.17) is 18.9 Å². The van der Waals surface area contributed by atoms with Crippen LogP contribution in [0.25, 0.3) is 0 Å². The summed E-state index contributed by atoms with van der Waals surface area (Å²) >= 11 is 0. The number of aliphatic hydroxyl groups excluding tert-OH is 4. The number of carbonyl (C=O) groups excluding carboxylic acids is 1. The molecule has 6 unspecified atom stereocenters. The first-order valence-electron chi connectivity index (χ1n) is 25.1. The second-order valence-electron chi connectivity index (χ2n) is 17.2. The molecule has 1 saturated heterocycles. The van der Waals surface area contributed by atoms with Crippen molar-refractivity contribution < 1.29 is 44.2 Å². The maximum atomic E-state index is 12.8. The molecule has 1 aliphatic heterocycles. The molecule has 1 heterocycles. The number of esters is 1. The summed E-state index contributed by atoms with van der Waals surface area (Å²) in [6, 6.07) is 0. The zero-order valence-corrected chi connectivity index (χ0v) is 38.7. The van der Waals surface area contributed by atoms with Crippen molar-refractivity contribution in [2.24, 2.45) is 0 Å². The number of allylic oxidation sites excluding steroid dienone is 6. The van der Waals surface area contributed by atoms with E-state index in [2.05, 4.69) is 50.3 Å². The van der Waals surface area contributed by atoms with Crippen LogP contribution in [0.4, 0.5) is 0 Å². The van der Waals surface area contributed by atoms with E-state index >= 15 is 0 Å². The molecule has 0 radical (unpaired) electrons. The number of unbranched alkanes of at least 4 members (excludes halogenated alkanes) is 26. The Morgan fingerprint density at radius 3 is 1.53 bits per heavy atom. The van der Waals surface area contributed by atoms with Gasteiger partial charge in [0.15, 0.2) is 6.29 Å². The van der Waals surface area contributed by atoms with Crippen LogP contribution in [-0.4, -0.2) is 89.6 Å². The third kappa shape index (κ3) is 33.0. The van der Waals surface area contributed by atoms with E-state index in [0.717, 1.165) is 64.2 Å². The Kier molecular flexibility index (Phi) is 40.2. The molecule has 0 aromatic rings. The number of ether oxygens (including phenoxy) is 4. The second-order valence-corrected chi connectivity index (χ2v) is 17.2. The summed E-state index contributed by atoms with van der Waals surface area (Å²) in [7, 11) is 0. The van der Waals surface area contributed by atoms with E-state index in [-0.39, 0.29) is 19.2 Å². The highest BCUT2D eigenvalue weighted by Gasteiger charge is 2.44. The molecule has 60 heavy (non-hydrogen) atoms. The molecule has 1 fully saturated rings. The van der Waals surface area contributed by atoms with Crippen molar-refractivity contribution in [2.75, 3.05) is 26.4 Å². The lowest BCUT2D eigenvalue weighted by atomic mass is 9.99. The van der Waals surface area contributed by atoms with Crippen LogP contribution in [0.2, 0.25) is 0 Å². The molecular weight excluding hydrogens is 757 g/mol. The Morgan fingerprint density at radius 2 is 1.02 bits per heavy atom. The first-order chi connectivity index (χ1) is 29.4. The van der Waals surface area contributed by atoms with Gasteiger partial charge in [-0.2, -0.15) is 0 Å². The van der Waals surface area contributed by atoms with Gasteiger partial charge in [0.1, 0.15) is 30.5 Å². The van der Waals surface area contributed by atoms with Crippen molar-refractivity contribution in [1.82, 2.24) is 0 Å². The van der Waals surface area contributed by atoms with E-state index in [1.807, 2.05) is 0 Å². The Bertz CT molecular complexity index is 1010. The van der Waals surface area contributed by atoms with Gasteiger partial charge in [0.05, 0.1) is 19.8 Å². The van der Waals surface area contributed by atoms with Crippen LogP contribution in [-0.2, 0) is 23.7 Å². The minimum absolute atomic E-state index is 0.116. The molecule has 0 aromatic heterocycles. The molecule has 1 aliphatic rings. The minimum Gasteiger partial charge on any atom is -0.457 e. The first kappa shape index (κ1) is 56.4. The Hall–Kier alpha value is -1.59. The third-order valence-electron chi connectivity index (χ3n) is 11.6. The number of rotatable bonds is 43. The molecule has 0 aliphatic carbocycles. The summed E-state index contributed by atoms with van der Waals surface area (Å²) in [5.74, 6) is -0.315.